The first-order chi connectivity index (χ1) is 14.7. The van der Waals surface area contributed by atoms with Crippen molar-refractivity contribution >= 4 is 38.3 Å². The molecule has 5 aromatic rings. The van der Waals surface area contributed by atoms with Crippen LogP contribution in [-0.4, -0.2) is 14.6 Å². The van der Waals surface area contributed by atoms with Crippen LogP contribution >= 0.6 is 27.3 Å². The molecule has 30 heavy (non-hydrogen) atoms. The zero-order valence-corrected chi connectivity index (χ0v) is 17.9. The molecule has 2 aromatic heterocycles. The van der Waals surface area contributed by atoms with Gasteiger partial charge in [-0.15, -0.1) is 5.10 Å². The van der Waals surface area contributed by atoms with Gasteiger partial charge in [0.05, 0.1) is 4.53 Å². The second-order valence-corrected chi connectivity index (χ2v) is 8.38. The summed E-state index contributed by atoms with van der Waals surface area (Å²) in [6.45, 7) is 0. The van der Waals surface area contributed by atoms with Crippen molar-refractivity contribution in [2.45, 2.75) is 0 Å². The average Bonchev–Trinajstić information content (AvgIpc) is 3.29. The summed E-state index contributed by atoms with van der Waals surface area (Å²) in [7, 11) is 0. The number of rotatable bonds is 4. The lowest BCUT2D eigenvalue weighted by Crippen LogP contribution is -2.23. The molecule has 0 atom stereocenters. The molecular weight excluding hydrogens is 462 g/mol. The molecule has 146 valence electrons. The van der Waals surface area contributed by atoms with Crippen molar-refractivity contribution < 1.29 is 4.74 Å². The fourth-order valence-corrected chi connectivity index (χ4v) is 4.40. The van der Waals surface area contributed by atoms with E-state index in [-0.39, 0.29) is 5.56 Å². The van der Waals surface area contributed by atoms with E-state index in [1.807, 2.05) is 84.9 Å². The first-order valence-corrected chi connectivity index (χ1v) is 10.8. The van der Waals surface area contributed by atoms with Crippen LogP contribution in [0.1, 0.15) is 5.56 Å². The van der Waals surface area contributed by atoms with E-state index in [1.165, 1.54) is 15.9 Å². The Morgan fingerprint density at radius 3 is 2.50 bits per heavy atom. The lowest BCUT2D eigenvalue weighted by atomic mass is 10.2. The summed E-state index contributed by atoms with van der Waals surface area (Å²) in [5.74, 6) is 1.99. The Morgan fingerprint density at radius 2 is 1.70 bits per heavy atom. The molecule has 0 spiro atoms. The Kier molecular flexibility index (Phi) is 4.90. The van der Waals surface area contributed by atoms with Gasteiger partial charge in [-0.2, -0.15) is 9.50 Å². The van der Waals surface area contributed by atoms with E-state index >= 15 is 0 Å². The summed E-state index contributed by atoms with van der Waals surface area (Å²) in [4.78, 5) is 17.9. The van der Waals surface area contributed by atoms with E-state index in [0.29, 0.717) is 21.1 Å². The van der Waals surface area contributed by atoms with Gasteiger partial charge in [0, 0.05) is 10.0 Å². The summed E-state index contributed by atoms with van der Waals surface area (Å²) in [5.41, 5.74) is 1.54. The van der Waals surface area contributed by atoms with E-state index in [2.05, 4.69) is 26.0 Å². The lowest BCUT2D eigenvalue weighted by Gasteiger charge is -2.05. The van der Waals surface area contributed by atoms with Gasteiger partial charge in [0.2, 0.25) is 4.96 Å². The second kappa shape index (κ2) is 7.85. The van der Waals surface area contributed by atoms with Gasteiger partial charge < -0.3 is 4.74 Å². The van der Waals surface area contributed by atoms with Gasteiger partial charge in [-0.3, -0.25) is 4.79 Å². The van der Waals surface area contributed by atoms with E-state index < -0.39 is 0 Å². The summed E-state index contributed by atoms with van der Waals surface area (Å²) >= 11 is 4.82. The van der Waals surface area contributed by atoms with Crippen molar-refractivity contribution in [1.29, 1.82) is 0 Å². The van der Waals surface area contributed by atoms with E-state index in [1.54, 1.807) is 0 Å². The van der Waals surface area contributed by atoms with Gasteiger partial charge in [0.15, 0.2) is 5.82 Å². The maximum atomic E-state index is 12.8. The highest BCUT2D eigenvalue weighted by molar-refractivity contribution is 9.10. The molecule has 0 saturated carbocycles. The zero-order valence-electron chi connectivity index (χ0n) is 15.5. The molecule has 0 N–H and O–H groups in total. The predicted octanol–water partition coefficient (Wildman–Crippen LogP) is 4.92. The van der Waals surface area contributed by atoms with E-state index in [0.717, 1.165) is 21.3 Å². The van der Waals surface area contributed by atoms with Gasteiger partial charge in [-0.25, -0.2) is 0 Å². The van der Waals surface area contributed by atoms with Crippen molar-refractivity contribution in [2.75, 3.05) is 0 Å². The predicted molar refractivity (Wildman–Crippen MR) is 122 cm³/mol. The summed E-state index contributed by atoms with van der Waals surface area (Å²) in [6.07, 6.45) is 1.83. The van der Waals surface area contributed by atoms with Crippen LogP contribution < -0.4 is 14.8 Å². The molecule has 7 heteroatoms. The molecule has 0 aliphatic carbocycles. The Balaban J connectivity index is 1.50. The highest BCUT2D eigenvalue weighted by atomic mass is 79.9. The molecule has 0 fully saturated rings. The number of benzene rings is 3. The van der Waals surface area contributed by atoms with E-state index in [4.69, 9.17) is 4.74 Å². The number of para-hydroxylation sites is 1. The SMILES string of the molecule is O=c1c(=Cc2cccc(Oc3ccccc3)c2)sc2nc(-c3ccccc3Br)nn12. The summed E-state index contributed by atoms with van der Waals surface area (Å²) in [5, 5.41) is 4.41. The minimum Gasteiger partial charge on any atom is -0.457 e. The van der Waals surface area contributed by atoms with Crippen molar-refractivity contribution in [3.8, 4) is 22.9 Å². The first kappa shape index (κ1) is 18.7. The third-order valence-corrected chi connectivity index (χ3v) is 6.08. The highest BCUT2D eigenvalue weighted by Crippen LogP contribution is 2.26. The quantitative estimate of drug-likeness (QED) is 0.370. The van der Waals surface area contributed by atoms with Crippen molar-refractivity contribution in [3.05, 3.63) is 104 Å². The van der Waals surface area contributed by atoms with Crippen LogP contribution in [0, 0.1) is 0 Å². The zero-order chi connectivity index (χ0) is 20.5. The number of hydrogen-bond acceptors (Lipinski definition) is 5. The molecule has 0 aliphatic rings. The minimum absolute atomic E-state index is 0.185. The summed E-state index contributed by atoms with van der Waals surface area (Å²) in [6, 6.07) is 24.9. The van der Waals surface area contributed by atoms with Crippen LogP contribution in [0.4, 0.5) is 0 Å². The molecule has 2 heterocycles. The van der Waals surface area contributed by atoms with Crippen LogP contribution in [0.3, 0.4) is 0 Å². The van der Waals surface area contributed by atoms with Crippen molar-refractivity contribution in [1.82, 2.24) is 14.6 Å². The van der Waals surface area contributed by atoms with Gasteiger partial charge in [-0.05, 0) is 48.0 Å². The number of ether oxygens (including phenoxy) is 1. The number of nitrogens with zero attached hydrogens (tertiary/aromatic N) is 3. The normalized spacial score (nSPS) is 11.8. The molecule has 0 radical (unpaired) electrons. The van der Waals surface area contributed by atoms with Crippen LogP contribution in [0.25, 0.3) is 22.4 Å². The monoisotopic (exact) mass is 475 g/mol. The third-order valence-electron chi connectivity index (χ3n) is 4.43. The highest BCUT2D eigenvalue weighted by Gasteiger charge is 2.13. The number of fused-ring (bicyclic) bond motifs is 1. The fourth-order valence-electron chi connectivity index (χ4n) is 3.03. The van der Waals surface area contributed by atoms with Gasteiger partial charge in [0.1, 0.15) is 11.5 Å². The Morgan fingerprint density at radius 1 is 0.933 bits per heavy atom. The lowest BCUT2D eigenvalue weighted by molar-refractivity contribution is 0.482. The number of thiazole rings is 1. The molecule has 0 amide bonds. The topological polar surface area (TPSA) is 56.5 Å². The fraction of sp³-hybridized carbons (Fsp3) is 0. The number of hydrogen-bond donors (Lipinski definition) is 0. The van der Waals surface area contributed by atoms with Gasteiger partial charge in [0.25, 0.3) is 5.56 Å². The molecule has 5 rings (SSSR count). The molecule has 0 saturated heterocycles. The standard InChI is InChI=1S/C23H14BrN3O2S/c24-19-12-5-4-11-18(19)21-25-23-27(26-21)22(28)20(30-23)14-15-7-6-10-17(13-15)29-16-8-2-1-3-9-16/h1-14H. The van der Waals surface area contributed by atoms with Gasteiger partial charge in [-0.1, -0.05) is 69.7 Å². The van der Waals surface area contributed by atoms with Crippen LogP contribution in [0.15, 0.2) is 88.1 Å². The minimum atomic E-state index is -0.185. The van der Waals surface area contributed by atoms with E-state index in [9.17, 15) is 4.79 Å². The Bertz CT molecular complexity index is 1460. The van der Waals surface area contributed by atoms with Crippen LogP contribution in [-0.2, 0) is 0 Å². The molecule has 0 bridgehead atoms. The van der Waals surface area contributed by atoms with Crippen LogP contribution in [0.5, 0.6) is 11.5 Å². The first-order valence-electron chi connectivity index (χ1n) is 9.16. The van der Waals surface area contributed by atoms with Crippen LogP contribution in [0.2, 0.25) is 0 Å². The molecule has 3 aromatic carbocycles. The largest absolute Gasteiger partial charge is 0.457 e. The molecule has 0 aliphatic heterocycles. The smallest absolute Gasteiger partial charge is 0.291 e. The Hall–Kier alpha value is -3.29. The van der Waals surface area contributed by atoms with Crippen molar-refractivity contribution in [2.24, 2.45) is 0 Å². The molecule has 5 nitrogen and oxygen atoms in total. The van der Waals surface area contributed by atoms with Crippen molar-refractivity contribution in [3.63, 3.8) is 0 Å². The Labute approximate surface area is 184 Å². The third kappa shape index (κ3) is 3.65. The second-order valence-electron chi connectivity index (χ2n) is 6.51. The average molecular weight is 476 g/mol. The van der Waals surface area contributed by atoms with Gasteiger partial charge >= 0.3 is 0 Å². The number of halogens is 1. The maximum Gasteiger partial charge on any atom is 0.291 e. The molecule has 0 unspecified atom stereocenters. The summed E-state index contributed by atoms with van der Waals surface area (Å²) < 4.78 is 8.69. The number of aromatic nitrogens is 3. The maximum absolute atomic E-state index is 12.8. The molecular formula is C23H14BrN3O2S.